The molecule has 0 aliphatic carbocycles. The van der Waals surface area contributed by atoms with Crippen molar-refractivity contribution in [1.29, 1.82) is 0 Å². The van der Waals surface area contributed by atoms with Gasteiger partial charge < -0.3 is 15.0 Å². The first-order chi connectivity index (χ1) is 12.7. The molecule has 8 heteroatoms. The number of nitrogens with one attached hydrogen (secondary N) is 1. The van der Waals surface area contributed by atoms with E-state index in [0.29, 0.717) is 25.4 Å². The van der Waals surface area contributed by atoms with Crippen LogP contribution < -0.4 is 10.1 Å². The zero-order valence-electron chi connectivity index (χ0n) is 14.5. The lowest BCUT2D eigenvalue weighted by Gasteiger charge is -2.34. The molecule has 3 heterocycles. The maximum absolute atomic E-state index is 12.3. The number of piperazine rings is 1. The van der Waals surface area contributed by atoms with E-state index < -0.39 is 0 Å². The van der Waals surface area contributed by atoms with E-state index in [1.807, 2.05) is 21.7 Å². The number of thiophene rings is 1. The molecule has 3 rings (SSSR count). The van der Waals surface area contributed by atoms with Gasteiger partial charge in [0.25, 0.3) is 11.8 Å². The molecule has 0 unspecified atom stereocenters. The predicted octanol–water partition coefficient (Wildman–Crippen LogP) is 1.10. The zero-order valence-corrected chi connectivity index (χ0v) is 15.3. The SMILES string of the molecule is O=C(COc1cccnc1)NCCN1CCN(C(=O)c2ccsc2)CC1. The highest BCUT2D eigenvalue weighted by atomic mass is 32.1. The second kappa shape index (κ2) is 9.30. The number of ether oxygens (including phenoxy) is 1. The van der Waals surface area contributed by atoms with Gasteiger partial charge in [0.2, 0.25) is 0 Å². The minimum absolute atomic E-state index is 0.0192. The van der Waals surface area contributed by atoms with Crippen LogP contribution in [0.25, 0.3) is 0 Å². The average molecular weight is 374 g/mol. The summed E-state index contributed by atoms with van der Waals surface area (Å²) in [5, 5.41) is 6.66. The molecule has 1 fully saturated rings. The Kier molecular flexibility index (Phi) is 6.56. The van der Waals surface area contributed by atoms with Gasteiger partial charge in [-0.2, -0.15) is 11.3 Å². The standard InChI is InChI=1S/C18H22N4O3S/c23-17(13-25-16-2-1-4-19-12-16)20-5-6-21-7-9-22(10-8-21)18(24)15-3-11-26-14-15/h1-4,11-12,14H,5-10,13H2,(H,20,23). The van der Waals surface area contributed by atoms with Crippen molar-refractivity contribution in [3.63, 3.8) is 0 Å². The first kappa shape index (κ1) is 18.3. The number of amides is 2. The monoisotopic (exact) mass is 374 g/mol. The molecule has 7 nitrogen and oxygen atoms in total. The highest BCUT2D eigenvalue weighted by molar-refractivity contribution is 7.08. The molecular formula is C18H22N4O3S. The van der Waals surface area contributed by atoms with Gasteiger partial charge in [-0.15, -0.1) is 0 Å². The van der Waals surface area contributed by atoms with Crippen LogP contribution in [0.3, 0.4) is 0 Å². The average Bonchev–Trinajstić information content (AvgIpc) is 3.22. The smallest absolute Gasteiger partial charge is 0.257 e. The minimum atomic E-state index is -0.153. The van der Waals surface area contributed by atoms with Gasteiger partial charge in [0.15, 0.2) is 6.61 Å². The summed E-state index contributed by atoms with van der Waals surface area (Å²) < 4.78 is 5.35. The third kappa shape index (κ3) is 5.27. The summed E-state index contributed by atoms with van der Waals surface area (Å²) >= 11 is 1.54. The lowest BCUT2D eigenvalue weighted by molar-refractivity contribution is -0.123. The number of hydrogen-bond acceptors (Lipinski definition) is 6. The van der Waals surface area contributed by atoms with Gasteiger partial charge in [0.1, 0.15) is 5.75 Å². The Morgan fingerprint density at radius 2 is 2.08 bits per heavy atom. The molecule has 2 amide bonds. The summed E-state index contributed by atoms with van der Waals surface area (Å²) in [5.41, 5.74) is 0.768. The summed E-state index contributed by atoms with van der Waals surface area (Å²) in [4.78, 5) is 32.2. The summed E-state index contributed by atoms with van der Waals surface area (Å²) in [5.74, 6) is 0.529. The first-order valence-electron chi connectivity index (χ1n) is 8.56. The first-order valence-corrected chi connectivity index (χ1v) is 9.50. The van der Waals surface area contributed by atoms with E-state index in [1.165, 1.54) is 11.3 Å². The van der Waals surface area contributed by atoms with Gasteiger partial charge in [-0.3, -0.25) is 19.5 Å². The normalized spacial score (nSPS) is 14.8. The number of rotatable bonds is 7. The van der Waals surface area contributed by atoms with Crippen molar-refractivity contribution in [2.24, 2.45) is 0 Å². The fourth-order valence-corrected chi connectivity index (χ4v) is 3.36. The van der Waals surface area contributed by atoms with Crippen LogP contribution in [0, 0.1) is 0 Å². The van der Waals surface area contributed by atoms with Crippen LogP contribution >= 0.6 is 11.3 Å². The van der Waals surface area contributed by atoms with Crippen LogP contribution in [0.1, 0.15) is 10.4 Å². The van der Waals surface area contributed by atoms with E-state index in [2.05, 4.69) is 15.2 Å². The zero-order chi connectivity index (χ0) is 18.2. The van der Waals surface area contributed by atoms with Gasteiger partial charge >= 0.3 is 0 Å². The Morgan fingerprint density at radius 3 is 2.77 bits per heavy atom. The van der Waals surface area contributed by atoms with E-state index in [0.717, 1.165) is 25.2 Å². The Morgan fingerprint density at radius 1 is 1.23 bits per heavy atom. The van der Waals surface area contributed by atoms with Crippen LogP contribution in [0.4, 0.5) is 0 Å². The van der Waals surface area contributed by atoms with Crippen molar-refractivity contribution in [3.8, 4) is 5.75 Å². The quantitative estimate of drug-likeness (QED) is 0.785. The number of carbonyl (C=O) groups is 2. The molecule has 0 atom stereocenters. The third-order valence-electron chi connectivity index (χ3n) is 4.18. The van der Waals surface area contributed by atoms with Crippen molar-refractivity contribution in [2.75, 3.05) is 45.9 Å². The molecule has 0 bridgehead atoms. The molecule has 0 saturated carbocycles. The Labute approximate surface area is 156 Å². The molecule has 0 aromatic carbocycles. The van der Waals surface area contributed by atoms with Crippen molar-refractivity contribution in [2.45, 2.75) is 0 Å². The van der Waals surface area contributed by atoms with Crippen LogP contribution in [0.5, 0.6) is 5.75 Å². The molecule has 1 N–H and O–H groups in total. The highest BCUT2D eigenvalue weighted by Crippen LogP contribution is 2.11. The van der Waals surface area contributed by atoms with Crippen LogP contribution in [0.15, 0.2) is 41.4 Å². The summed E-state index contributed by atoms with van der Waals surface area (Å²) in [6, 6.07) is 5.38. The second-order valence-corrected chi connectivity index (χ2v) is 6.75. The molecular weight excluding hydrogens is 352 g/mol. The van der Waals surface area contributed by atoms with Gasteiger partial charge in [-0.1, -0.05) is 0 Å². The number of hydrogen-bond donors (Lipinski definition) is 1. The van der Waals surface area contributed by atoms with Crippen LogP contribution in [-0.4, -0.2) is 72.5 Å². The van der Waals surface area contributed by atoms with Crippen molar-refractivity contribution in [1.82, 2.24) is 20.1 Å². The molecule has 1 saturated heterocycles. The van der Waals surface area contributed by atoms with Crippen LogP contribution in [-0.2, 0) is 4.79 Å². The maximum Gasteiger partial charge on any atom is 0.257 e. The molecule has 2 aromatic heterocycles. The molecule has 0 radical (unpaired) electrons. The topological polar surface area (TPSA) is 74.8 Å². The molecule has 0 spiro atoms. The van der Waals surface area contributed by atoms with Gasteiger partial charge in [0.05, 0.1) is 11.8 Å². The molecule has 26 heavy (non-hydrogen) atoms. The Hall–Kier alpha value is -2.45. The van der Waals surface area contributed by atoms with Gasteiger partial charge in [-0.25, -0.2) is 0 Å². The van der Waals surface area contributed by atoms with E-state index in [9.17, 15) is 9.59 Å². The second-order valence-electron chi connectivity index (χ2n) is 5.97. The molecule has 2 aromatic rings. The van der Waals surface area contributed by atoms with Crippen molar-refractivity contribution in [3.05, 3.63) is 46.9 Å². The molecule has 1 aliphatic rings. The largest absolute Gasteiger partial charge is 0.482 e. The van der Waals surface area contributed by atoms with Crippen molar-refractivity contribution < 1.29 is 14.3 Å². The lowest BCUT2D eigenvalue weighted by atomic mass is 10.2. The fraction of sp³-hybridized carbons (Fsp3) is 0.389. The highest BCUT2D eigenvalue weighted by Gasteiger charge is 2.22. The fourth-order valence-electron chi connectivity index (χ4n) is 2.73. The van der Waals surface area contributed by atoms with Gasteiger partial charge in [-0.05, 0) is 23.6 Å². The molecule has 138 valence electrons. The van der Waals surface area contributed by atoms with Crippen molar-refractivity contribution >= 4 is 23.2 Å². The van der Waals surface area contributed by atoms with E-state index in [1.54, 1.807) is 24.5 Å². The predicted molar refractivity (Wildman–Crippen MR) is 99.4 cm³/mol. The van der Waals surface area contributed by atoms with Crippen LogP contribution in [0.2, 0.25) is 0 Å². The lowest BCUT2D eigenvalue weighted by Crippen LogP contribution is -2.50. The summed E-state index contributed by atoms with van der Waals surface area (Å²) in [7, 11) is 0. The minimum Gasteiger partial charge on any atom is -0.482 e. The number of carbonyl (C=O) groups excluding carboxylic acids is 2. The third-order valence-corrected chi connectivity index (χ3v) is 4.87. The van der Waals surface area contributed by atoms with E-state index in [-0.39, 0.29) is 18.4 Å². The maximum atomic E-state index is 12.3. The Bertz CT molecular complexity index is 700. The number of pyridine rings is 1. The van der Waals surface area contributed by atoms with Gasteiger partial charge in [0, 0.05) is 50.8 Å². The number of aromatic nitrogens is 1. The van der Waals surface area contributed by atoms with E-state index in [4.69, 9.17) is 4.74 Å². The van der Waals surface area contributed by atoms with E-state index >= 15 is 0 Å². The Balaban J connectivity index is 1.30. The summed E-state index contributed by atoms with van der Waals surface area (Å²) in [6.45, 7) is 4.37. The number of nitrogens with zero attached hydrogens (tertiary/aromatic N) is 3. The molecule has 1 aliphatic heterocycles. The summed E-state index contributed by atoms with van der Waals surface area (Å²) in [6.07, 6.45) is 3.23.